The van der Waals surface area contributed by atoms with E-state index in [4.69, 9.17) is 0 Å². The van der Waals surface area contributed by atoms with E-state index >= 15 is 0 Å². The summed E-state index contributed by atoms with van der Waals surface area (Å²) in [5.41, 5.74) is 1.77. The summed E-state index contributed by atoms with van der Waals surface area (Å²) in [6, 6.07) is 4.39. The Labute approximate surface area is 115 Å². The molecule has 0 bridgehead atoms. The topological polar surface area (TPSA) is 86.7 Å². The minimum atomic E-state index is -1.14. The number of aliphatic hydroxyl groups is 1. The summed E-state index contributed by atoms with van der Waals surface area (Å²) in [6.45, 7) is 1.81. The molecule has 6 heteroatoms. The lowest BCUT2D eigenvalue weighted by molar-refractivity contribution is -0.139. The van der Waals surface area contributed by atoms with E-state index in [1.807, 2.05) is 13.0 Å². The molecule has 1 aromatic rings. The number of nitrogens with one attached hydrogen (secondary N) is 1. The van der Waals surface area contributed by atoms with Crippen molar-refractivity contribution in [2.75, 3.05) is 0 Å². The van der Waals surface area contributed by atoms with Crippen molar-refractivity contribution < 1.29 is 19.5 Å². The van der Waals surface area contributed by atoms with Crippen molar-refractivity contribution in [3.05, 3.63) is 34.9 Å². The molecule has 0 aromatic heterocycles. The number of hydrogen-bond acceptors (Lipinski definition) is 4. The van der Waals surface area contributed by atoms with Gasteiger partial charge in [0.2, 0.25) is 11.8 Å². The van der Waals surface area contributed by atoms with Crippen LogP contribution in [0.4, 0.5) is 0 Å². The molecule has 0 spiro atoms. The van der Waals surface area contributed by atoms with Gasteiger partial charge in [-0.3, -0.25) is 24.6 Å². The first-order valence-electron chi connectivity index (χ1n) is 6.44. The summed E-state index contributed by atoms with van der Waals surface area (Å²) in [6.07, 6.45) is -0.731. The van der Waals surface area contributed by atoms with Crippen LogP contribution in [-0.4, -0.2) is 33.8 Å². The molecule has 0 radical (unpaired) electrons. The van der Waals surface area contributed by atoms with Crippen molar-refractivity contribution in [3.63, 3.8) is 0 Å². The van der Waals surface area contributed by atoms with Gasteiger partial charge < -0.3 is 5.11 Å². The normalized spacial score (nSPS) is 25.7. The molecular formula is C14H14N2O4. The average Bonchev–Trinajstić information content (AvgIpc) is 2.64. The summed E-state index contributed by atoms with van der Waals surface area (Å²) in [5.74, 6) is -1.24. The number of carbonyl (C=O) groups is 3. The smallest absolute Gasteiger partial charge is 0.257 e. The summed E-state index contributed by atoms with van der Waals surface area (Å²) in [4.78, 5) is 36.6. The summed E-state index contributed by atoms with van der Waals surface area (Å²) in [7, 11) is 0. The molecule has 0 saturated carbocycles. The molecule has 104 valence electrons. The zero-order chi connectivity index (χ0) is 14.4. The van der Waals surface area contributed by atoms with E-state index in [1.54, 1.807) is 12.1 Å². The number of piperidine rings is 1. The Morgan fingerprint density at radius 1 is 1.30 bits per heavy atom. The second-order valence-corrected chi connectivity index (χ2v) is 5.09. The van der Waals surface area contributed by atoms with Crippen molar-refractivity contribution in [2.24, 2.45) is 0 Å². The van der Waals surface area contributed by atoms with Gasteiger partial charge in [0.15, 0.2) is 6.23 Å². The predicted molar refractivity (Wildman–Crippen MR) is 68.5 cm³/mol. The maximum absolute atomic E-state index is 12.4. The number of fused-ring (bicyclic) bond motifs is 1. The highest BCUT2D eigenvalue weighted by molar-refractivity contribution is 6.05. The van der Waals surface area contributed by atoms with Crippen molar-refractivity contribution in [3.8, 4) is 0 Å². The molecule has 2 aliphatic heterocycles. The van der Waals surface area contributed by atoms with Crippen LogP contribution in [0.3, 0.4) is 0 Å². The standard InChI is InChI=1S/C14H14N2O4/c1-7-3-2-4-8-11(7)14(20)16(13(8)19)9-5-6-10(17)15-12(9)18/h2-4,9,14,20H,5-6H2,1H3,(H,15,17,18). The van der Waals surface area contributed by atoms with Crippen molar-refractivity contribution in [2.45, 2.75) is 32.0 Å². The van der Waals surface area contributed by atoms with E-state index < -0.39 is 18.2 Å². The molecule has 3 amide bonds. The molecule has 1 fully saturated rings. The van der Waals surface area contributed by atoms with Crippen molar-refractivity contribution >= 4 is 17.7 Å². The second kappa shape index (κ2) is 4.42. The van der Waals surface area contributed by atoms with Gasteiger partial charge in [-0.1, -0.05) is 12.1 Å². The van der Waals surface area contributed by atoms with Crippen molar-refractivity contribution in [1.82, 2.24) is 10.2 Å². The highest BCUT2D eigenvalue weighted by Gasteiger charge is 2.44. The van der Waals surface area contributed by atoms with E-state index in [0.29, 0.717) is 11.1 Å². The van der Waals surface area contributed by atoms with Gasteiger partial charge in [-0.05, 0) is 25.0 Å². The third-order valence-corrected chi connectivity index (χ3v) is 3.86. The number of imide groups is 1. The van der Waals surface area contributed by atoms with Gasteiger partial charge >= 0.3 is 0 Å². The Morgan fingerprint density at radius 2 is 2.05 bits per heavy atom. The number of hydrogen-bond donors (Lipinski definition) is 2. The first-order chi connectivity index (χ1) is 9.50. The zero-order valence-corrected chi connectivity index (χ0v) is 10.9. The fraction of sp³-hybridized carbons (Fsp3) is 0.357. The fourth-order valence-electron chi connectivity index (χ4n) is 2.86. The number of nitrogens with zero attached hydrogens (tertiary/aromatic N) is 1. The number of aliphatic hydroxyl groups excluding tert-OH is 1. The molecule has 2 heterocycles. The van der Waals surface area contributed by atoms with Crippen LogP contribution in [-0.2, 0) is 9.59 Å². The molecule has 3 rings (SSSR count). The first kappa shape index (κ1) is 12.8. The van der Waals surface area contributed by atoms with Gasteiger partial charge in [-0.25, -0.2) is 0 Å². The van der Waals surface area contributed by atoms with Crippen LogP contribution in [0.5, 0.6) is 0 Å². The average molecular weight is 274 g/mol. The van der Waals surface area contributed by atoms with Gasteiger partial charge in [0.1, 0.15) is 6.04 Å². The van der Waals surface area contributed by atoms with Gasteiger partial charge in [0, 0.05) is 17.5 Å². The Kier molecular flexibility index (Phi) is 2.83. The Balaban J connectivity index is 1.98. The number of rotatable bonds is 1. The highest BCUT2D eigenvalue weighted by atomic mass is 16.3. The van der Waals surface area contributed by atoms with E-state index in [-0.39, 0.29) is 24.7 Å². The Morgan fingerprint density at radius 3 is 2.70 bits per heavy atom. The molecule has 20 heavy (non-hydrogen) atoms. The minimum Gasteiger partial charge on any atom is -0.369 e. The third-order valence-electron chi connectivity index (χ3n) is 3.86. The van der Waals surface area contributed by atoms with Gasteiger partial charge in [0.05, 0.1) is 0 Å². The Bertz CT molecular complexity index is 626. The summed E-state index contributed by atoms with van der Waals surface area (Å²) in [5, 5.41) is 12.6. The zero-order valence-electron chi connectivity index (χ0n) is 10.9. The van der Waals surface area contributed by atoms with Gasteiger partial charge in [-0.15, -0.1) is 0 Å². The summed E-state index contributed by atoms with van der Waals surface area (Å²) >= 11 is 0. The molecule has 2 N–H and O–H groups in total. The number of amides is 3. The van der Waals surface area contributed by atoms with Crippen LogP contribution in [0.2, 0.25) is 0 Å². The van der Waals surface area contributed by atoms with Gasteiger partial charge in [0.25, 0.3) is 5.91 Å². The maximum Gasteiger partial charge on any atom is 0.257 e. The quantitative estimate of drug-likeness (QED) is 0.719. The molecule has 2 aliphatic rings. The lowest BCUT2D eigenvalue weighted by Gasteiger charge is -2.32. The van der Waals surface area contributed by atoms with Gasteiger partial charge in [-0.2, -0.15) is 0 Å². The van der Waals surface area contributed by atoms with E-state index in [2.05, 4.69) is 5.32 Å². The molecule has 2 unspecified atom stereocenters. The Hall–Kier alpha value is -2.21. The first-order valence-corrected chi connectivity index (χ1v) is 6.44. The largest absolute Gasteiger partial charge is 0.369 e. The van der Waals surface area contributed by atoms with Crippen LogP contribution >= 0.6 is 0 Å². The number of aryl methyl sites for hydroxylation is 1. The van der Waals surface area contributed by atoms with E-state index in [0.717, 1.165) is 5.56 Å². The van der Waals surface area contributed by atoms with Crippen LogP contribution in [0, 0.1) is 6.92 Å². The van der Waals surface area contributed by atoms with Crippen LogP contribution < -0.4 is 5.32 Å². The minimum absolute atomic E-state index is 0.169. The van der Waals surface area contributed by atoms with Crippen molar-refractivity contribution in [1.29, 1.82) is 0 Å². The molecular weight excluding hydrogens is 260 g/mol. The molecule has 6 nitrogen and oxygen atoms in total. The number of carbonyl (C=O) groups excluding carboxylic acids is 3. The van der Waals surface area contributed by atoms with E-state index in [9.17, 15) is 19.5 Å². The fourth-order valence-corrected chi connectivity index (χ4v) is 2.86. The highest BCUT2D eigenvalue weighted by Crippen LogP contribution is 2.36. The van der Waals surface area contributed by atoms with Crippen LogP contribution in [0.25, 0.3) is 0 Å². The molecule has 0 aliphatic carbocycles. The summed E-state index contributed by atoms with van der Waals surface area (Å²) < 4.78 is 0. The predicted octanol–water partition coefficient (Wildman–Crippen LogP) is 0.247. The monoisotopic (exact) mass is 274 g/mol. The molecule has 1 aromatic carbocycles. The maximum atomic E-state index is 12.4. The lowest BCUT2D eigenvalue weighted by Crippen LogP contribution is -2.53. The van der Waals surface area contributed by atoms with Crippen LogP contribution in [0.15, 0.2) is 18.2 Å². The molecule has 2 atom stereocenters. The second-order valence-electron chi connectivity index (χ2n) is 5.09. The molecule has 1 saturated heterocycles. The number of benzene rings is 1. The third kappa shape index (κ3) is 1.72. The van der Waals surface area contributed by atoms with E-state index in [1.165, 1.54) is 4.90 Å². The SMILES string of the molecule is Cc1cccc2c1C(O)N(C1CCC(=O)NC1=O)C2=O. The lowest BCUT2D eigenvalue weighted by atomic mass is 10.0. The van der Waals surface area contributed by atoms with Crippen LogP contribution in [0.1, 0.15) is 40.6 Å².